The lowest BCUT2D eigenvalue weighted by atomic mass is 9.69. The first-order chi connectivity index (χ1) is 20.6. The van der Waals surface area contributed by atoms with Crippen LogP contribution < -0.4 is 20.4 Å². The van der Waals surface area contributed by atoms with Crippen LogP contribution in [0.4, 0.5) is 5.69 Å². The van der Waals surface area contributed by atoms with Crippen molar-refractivity contribution in [1.82, 2.24) is 15.8 Å². The highest BCUT2D eigenvalue weighted by Gasteiger charge is 2.49. The first-order valence-electron chi connectivity index (χ1n) is 13.6. The van der Waals surface area contributed by atoms with Gasteiger partial charge in [0.15, 0.2) is 5.03 Å². The van der Waals surface area contributed by atoms with E-state index in [0.717, 1.165) is 0 Å². The molecule has 2 unspecified atom stereocenters. The zero-order chi connectivity index (χ0) is 31.2. The fraction of sp³-hybridized carbons (Fsp3) is 0.219. The maximum Gasteiger partial charge on any atom is 0.255 e. The van der Waals surface area contributed by atoms with Crippen molar-refractivity contribution in [2.45, 2.75) is 35.9 Å². The van der Waals surface area contributed by atoms with Gasteiger partial charge in [0, 0.05) is 36.1 Å². The summed E-state index contributed by atoms with van der Waals surface area (Å²) in [6.45, 7) is 7.94. The number of sulfone groups is 1. The number of benzene rings is 2. The molecule has 11 heteroatoms. The molecule has 1 aliphatic carbocycles. The highest BCUT2D eigenvalue weighted by atomic mass is 32.2. The molecule has 10 nitrogen and oxygen atoms in total. The van der Waals surface area contributed by atoms with Gasteiger partial charge >= 0.3 is 0 Å². The molecule has 1 heterocycles. The number of ether oxygens (including phenoxy) is 1. The Morgan fingerprint density at radius 1 is 1.09 bits per heavy atom. The second kappa shape index (κ2) is 13.2. The Morgan fingerprint density at radius 3 is 2.42 bits per heavy atom. The molecule has 0 spiro atoms. The lowest BCUT2D eigenvalue weighted by Crippen LogP contribution is -2.60. The monoisotopic (exact) mass is 602 g/mol. The van der Waals surface area contributed by atoms with Gasteiger partial charge in [-0.15, -0.1) is 0 Å². The van der Waals surface area contributed by atoms with Crippen molar-refractivity contribution >= 4 is 27.3 Å². The Bertz CT molecular complexity index is 1670. The second-order valence-electron chi connectivity index (χ2n) is 9.86. The number of hydrogen-bond donors (Lipinski definition) is 3. The molecule has 4 rings (SSSR count). The van der Waals surface area contributed by atoms with Crippen LogP contribution in [0.15, 0.2) is 119 Å². The largest absolute Gasteiger partial charge is 0.497 e. The number of rotatable bonds is 11. The van der Waals surface area contributed by atoms with Crippen LogP contribution in [-0.2, 0) is 26.0 Å². The number of nitrogens with zero attached hydrogens (tertiary/aromatic N) is 2. The molecule has 2 amide bonds. The van der Waals surface area contributed by atoms with Crippen molar-refractivity contribution in [3.8, 4) is 5.75 Å². The van der Waals surface area contributed by atoms with Crippen LogP contribution in [0, 0.1) is 5.92 Å². The maximum atomic E-state index is 14.1. The van der Waals surface area contributed by atoms with Crippen LogP contribution in [0.25, 0.3) is 0 Å². The van der Waals surface area contributed by atoms with Crippen LogP contribution in [0.1, 0.15) is 19.4 Å². The molecule has 3 aromatic rings. The number of methoxy groups -OCH3 is 1. The summed E-state index contributed by atoms with van der Waals surface area (Å²) in [6, 6.07) is 18.2. The number of aromatic nitrogens is 1. The van der Waals surface area contributed by atoms with Crippen molar-refractivity contribution < 1.29 is 28.0 Å². The van der Waals surface area contributed by atoms with E-state index in [1.54, 1.807) is 67.0 Å². The Hall–Kier alpha value is -4.58. The molecule has 43 heavy (non-hydrogen) atoms. The van der Waals surface area contributed by atoms with Gasteiger partial charge in [-0.1, -0.05) is 49.1 Å². The number of carbonyl (C=O) groups is 2. The number of hydroxylamine groups is 1. The van der Waals surface area contributed by atoms with Crippen molar-refractivity contribution in [3.63, 3.8) is 0 Å². The molecular weight excluding hydrogens is 568 g/mol. The van der Waals surface area contributed by atoms with Gasteiger partial charge in [0.2, 0.25) is 9.84 Å². The summed E-state index contributed by atoms with van der Waals surface area (Å²) in [7, 11) is -2.57. The molecule has 0 aliphatic heterocycles. The Labute approximate surface area is 251 Å². The van der Waals surface area contributed by atoms with E-state index in [4.69, 9.17) is 4.74 Å². The normalized spacial score (nSPS) is 18.0. The van der Waals surface area contributed by atoms with Crippen LogP contribution in [0.5, 0.6) is 5.75 Å². The third-order valence-electron chi connectivity index (χ3n) is 7.53. The van der Waals surface area contributed by atoms with E-state index in [2.05, 4.69) is 16.9 Å². The third-order valence-corrected chi connectivity index (χ3v) is 9.30. The molecule has 0 radical (unpaired) electrons. The quantitative estimate of drug-likeness (QED) is 0.170. The molecule has 1 aliphatic rings. The molecule has 2 aromatic carbocycles. The van der Waals surface area contributed by atoms with Crippen molar-refractivity contribution in [3.05, 3.63) is 114 Å². The zero-order valence-corrected chi connectivity index (χ0v) is 25.0. The van der Waals surface area contributed by atoms with Gasteiger partial charge in [-0.25, -0.2) is 18.9 Å². The molecule has 224 valence electrons. The summed E-state index contributed by atoms with van der Waals surface area (Å²) in [6.07, 6.45) is 6.34. The minimum atomic E-state index is -4.06. The molecule has 0 bridgehead atoms. The third kappa shape index (κ3) is 6.00. The molecule has 0 fully saturated rings. The first kappa shape index (κ1) is 31.4. The number of pyridine rings is 1. The van der Waals surface area contributed by atoms with Crippen LogP contribution in [0.3, 0.4) is 0 Å². The number of likely N-dealkylation sites (N-methyl/N-ethyl adjacent to an activating group) is 1. The van der Waals surface area contributed by atoms with E-state index in [1.807, 2.05) is 25.1 Å². The predicted octanol–water partition coefficient (Wildman–Crippen LogP) is 4.00. The van der Waals surface area contributed by atoms with Gasteiger partial charge in [0.25, 0.3) is 11.8 Å². The van der Waals surface area contributed by atoms with E-state index in [1.165, 1.54) is 30.3 Å². The Kier molecular flexibility index (Phi) is 9.59. The molecule has 0 saturated carbocycles. The molecule has 2 atom stereocenters. The molecule has 3 N–H and O–H groups in total. The first-order valence-corrected chi connectivity index (χ1v) is 15.0. The Balaban J connectivity index is 1.78. The number of carbonyl (C=O) groups excluding carboxylic acids is 2. The summed E-state index contributed by atoms with van der Waals surface area (Å²) in [5.74, 6) is -1.82. The van der Waals surface area contributed by atoms with Gasteiger partial charge in [-0.3, -0.25) is 20.1 Å². The maximum absolute atomic E-state index is 14.1. The van der Waals surface area contributed by atoms with E-state index < -0.39 is 33.1 Å². The minimum absolute atomic E-state index is 0.0261. The fourth-order valence-corrected chi connectivity index (χ4v) is 6.65. The van der Waals surface area contributed by atoms with E-state index >= 15 is 0 Å². The summed E-state index contributed by atoms with van der Waals surface area (Å²) < 4.78 is 32.5. The van der Waals surface area contributed by atoms with Crippen molar-refractivity contribution in [2.75, 3.05) is 18.6 Å². The highest BCUT2D eigenvalue weighted by molar-refractivity contribution is 7.91. The van der Waals surface area contributed by atoms with E-state index in [0.29, 0.717) is 29.1 Å². The number of anilines is 1. The predicted molar refractivity (Wildman–Crippen MR) is 162 cm³/mol. The Morgan fingerprint density at radius 2 is 1.79 bits per heavy atom. The standard InChI is InChI=1S/C32H34N4O6S/c1-5-36(25-13-7-6-8-14-25)31(38)23(3)32(22(2)11-9-15-28(32)29(37)35-39)34-21-24-12-10-20-33-30(24)43(40,41)27-18-16-26(42-4)17-19-27/h6-20,28,34,39H,3,5,21H2,1-2,4H3,(H,35,37). The summed E-state index contributed by atoms with van der Waals surface area (Å²) >= 11 is 0. The molecule has 0 saturated heterocycles. The summed E-state index contributed by atoms with van der Waals surface area (Å²) in [5.41, 5.74) is 1.72. The van der Waals surface area contributed by atoms with Crippen LogP contribution in [0.2, 0.25) is 0 Å². The molecule has 1 aromatic heterocycles. The zero-order valence-electron chi connectivity index (χ0n) is 24.2. The number of hydrogen-bond acceptors (Lipinski definition) is 8. The molecular formula is C32H34N4O6S. The van der Waals surface area contributed by atoms with Crippen LogP contribution in [-0.4, -0.2) is 49.6 Å². The smallest absolute Gasteiger partial charge is 0.255 e. The average molecular weight is 603 g/mol. The average Bonchev–Trinajstić information content (AvgIpc) is 3.04. The number of para-hydroxylation sites is 1. The number of allylic oxidation sites excluding steroid dienone is 2. The lowest BCUT2D eigenvalue weighted by Gasteiger charge is -2.44. The van der Waals surface area contributed by atoms with Gasteiger partial charge in [-0.2, -0.15) is 0 Å². The minimum Gasteiger partial charge on any atom is -0.497 e. The van der Waals surface area contributed by atoms with Gasteiger partial charge in [0.1, 0.15) is 5.75 Å². The highest BCUT2D eigenvalue weighted by Crippen LogP contribution is 2.39. The van der Waals surface area contributed by atoms with Gasteiger partial charge < -0.3 is 9.64 Å². The SMILES string of the molecule is C=C(C(=O)N(CC)c1ccccc1)C1(NCc2cccnc2S(=O)(=O)c2ccc(OC)cc2)C(C)=CC=CC1C(=O)NO. The lowest BCUT2D eigenvalue weighted by molar-refractivity contribution is -0.133. The van der Waals surface area contributed by atoms with E-state index in [9.17, 15) is 23.2 Å². The van der Waals surface area contributed by atoms with Crippen LogP contribution >= 0.6 is 0 Å². The summed E-state index contributed by atoms with van der Waals surface area (Å²) in [5, 5.41) is 12.8. The number of amides is 2. The fourth-order valence-electron chi connectivity index (χ4n) is 5.25. The second-order valence-corrected chi connectivity index (χ2v) is 11.7. The summed E-state index contributed by atoms with van der Waals surface area (Å²) in [4.78, 5) is 32.9. The van der Waals surface area contributed by atoms with Crippen molar-refractivity contribution in [2.24, 2.45) is 5.92 Å². The van der Waals surface area contributed by atoms with Gasteiger partial charge in [-0.05, 0) is 61.9 Å². The number of nitrogens with one attached hydrogen (secondary N) is 2. The van der Waals surface area contributed by atoms with E-state index in [-0.39, 0.29) is 22.0 Å². The topological polar surface area (TPSA) is 138 Å². The van der Waals surface area contributed by atoms with Gasteiger partial charge in [0.05, 0.1) is 23.5 Å². The van der Waals surface area contributed by atoms with Crippen molar-refractivity contribution in [1.29, 1.82) is 0 Å².